The van der Waals surface area contributed by atoms with Crippen LogP contribution in [0, 0.1) is 12.3 Å². The molecule has 1 saturated carbocycles. The smallest absolute Gasteiger partial charge is 0.243 e. The summed E-state index contributed by atoms with van der Waals surface area (Å²) < 4.78 is 5.66. The van der Waals surface area contributed by atoms with Gasteiger partial charge in [-0.25, -0.2) is 0 Å². The second-order valence-corrected chi connectivity index (χ2v) is 7.42. The van der Waals surface area contributed by atoms with Crippen LogP contribution in [-0.4, -0.2) is 48.6 Å². The van der Waals surface area contributed by atoms with E-state index in [0.29, 0.717) is 18.7 Å². The first-order chi connectivity index (χ1) is 11.6. The van der Waals surface area contributed by atoms with Crippen LogP contribution in [-0.2, 0) is 14.3 Å². The Morgan fingerprint density at radius 1 is 1.31 bits per heavy atom. The molecule has 2 unspecified atom stereocenters. The van der Waals surface area contributed by atoms with Crippen LogP contribution in [0.5, 0.6) is 0 Å². The van der Waals surface area contributed by atoms with Gasteiger partial charge in [-0.1, -0.05) is 31.5 Å². The van der Waals surface area contributed by atoms with E-state index in [4.69, 9.17) is 10.5 Å². The molecule has 0 radical (unpaired) electrons. The van der Waals surface area contributed by atoms with Gasteiger partial charge in [-0.2, -0.15) is 0 Å². The van der Waals surface area contributed by atoms with Gasteiger partial charge < -0.3 is 20.7 Å². The van der Waals surface area contributed by atoms with E-state index in [-0.39, 0.29) is 36.9 Å². The number of nitrogens with two attached hydrogens (primary N) is 1. The molecule has 2 atom stereocenters. The minimum absolute atomic E-state index is 0. The quantitative estimate of drug-likeness (QED) is 0.789. The van der Waals surface area contributed by atoms with Crippen molar-refractivity contribution in [3.05, 3.63) is 29.8 Å². The van der Waals surface area contributed by atoms with Crippen molar-refractivity contribution in [2.45, 2.75) is 45.8 Å². The van der Waals surface area contributed by atoms with Gasteiger partial charge in [-0.05, 0) is 26.0 Å². The molecule has 0 bridgehead atoms. The van der Waals surface area contributed by atoms with Gasteiger partial charge >= 0.3 is 0 Å². The van der Waals surface area contributed by atoms with E-state index in [1.165, 1.54) is 4.90 Å². The van der Waals surface area contributed by atoms with Crippen molar-refractivity contribution in [2.75, 3.05) is 25.5 Å². The number of halogens is 1. The van der Waals surface area contributed by atoms with Crippen LogP contribution in [0.1, 0.15) is 32.8 Å². The monoisotopic (exact) mass is 383 g/mol. The molecular formula is C19H30ClN3O3. The number of likely N-dealkylation sites (N-methyl/N-ethyl adjacent to an activating group) is 1. The Kier molecular flexibility index (Phi) is 7.22. The standard InChI is InChI=1S/C19H29N3O3.ClH/c1-6-25-15-11-19(20,18(15,3)4)17(24)22(5)12-16(23)21-14-9-7-13(2)8-10-14;/h7-10,15H,6,11-12,20H2,1-5H3,(H,21,23);1H. The normalized spacial score (nSPS) is 23.4. The Morgan fingerprint density at radius 3 is 2.38 bits per heavy atom. The molecule has 146 valence electrons. The largest absolute Gasteiger partial charge is 0.378 e. The molecular weight excluding hydrogens is 354 g/mol. The van der Waals surface area contributed by atoms with E-state index in [0.717, 1.165) is 5.56 Å². The molecule has 2 rings (SSSR count). The number of ether oxygens (including phenoxy) is 1. The molecule has 0 saturated heterocycles. The summed E-state index contributed by atoms with van der Waals surface area (Å²) in [5.74, 6) is -0.477. The van der Waals surface area contributed by atoms with E-state index in [1.54, 1.807) is 7.05 Å². The number of nitrogens with one attached hydrogen (secondary N) is 1. The lowest BCUT2D eigenvalue weighted by Gasteiger charge is -2.58. The van der Waals surface area contributed by atoms with E-state index in [9.17, 15) is 9.59 Å². The van der Waals surface area contributed by atoms with Gasteiger partial charge in [0, 0.05) is 31.2 Å². The van der Waals surface area contributed by atoms with Crippen molar-refractivity contribution in [1.29, 1.82) is 0 Å². The zero-order chi connectivity index (χ0) is 18.8. The van der Waals surface area contributed by atoms with Crippen molar-refractivity contribution in [3.8, 4) is 0 Å². The van der Waals surface area contributed by atoms with Crippen LogP contribution in [0.4, 0.5) is 5.69 Å². The molecule has 0 spiro atoms. The average Bonchev–Trinajstić information content (AvgIpc) is 2.55. The van der Waals surface area contributed by atoms with Crippen molar-refractivity contribution in [1.82, 2.24) is 4.90 Å². The molecule has 0 heterocycles. The SMILES string of the molecule is CCOC1CC(N)(C(=O)N(C)CC(=O)Nc2ccc(C)cc2)C1(C)C.Cl. The Balaban J connectivity index is 0.00000338. The summed E-state index contributed by atoms with van der Waals surface area (Å²) in [4.78, 5) is 26.4. The number of benzene rings is 1. The predicted octanol–water partition coefficient (Wildman–Crippen LogP) is 2.35. The van der Waals surface area contributed by atoms with Crippen LogP contribution in [0.3, 0.4) is 0 Å². The molecule has 1 fully saturated rings. The van der Waals surface area contributed by atoms with E-state index < -0.39 is 11.0 Å². The number of carbonyl (C=O) groups excluding carboxylic acids is 2. The molecule has 26 heavy (non-hydrogen) atoms. The molecule has 1 aromatic carbocycles. The number of amides is 2. The first-order valence-corrected chi connectivity index (χ1v) is 8.64. The van der Waals surface area contributed by atoms with Crippen LogP contribution in [0.15, 0.2) is 24.3 Å². The van der Waals surface area contributed by atoms with Gasteiger partial charge in [0.05, 0.1) is 12.6 Å². The Hall–Kier alpha value is -1.63. The molecule has 7 heteroatoms. The zero-order valence-electron chi connectivity index (χ0n) is 16.2. The van der Waals surface area contributed by atoms with E-state index in [1.807, 2.05) is 52.0 Å². The number of rotatable bonds is 6. The summed E-state index contributed by atoms with van der Waals surface area (Å²) in [7, 11) is 1.61. The highest BCUT2D eigenvalue weighted by atomic mass is 35.5. The highest BCUT2D eigenvalue weighted by Gasteiger charge is 2.63. The lowest BCUT2D eigenvalue weighted by molar-refractivity contribution is -0.178. The van der Waals surface area contributed by atoms with Gasteiger partial charge in [0.15, 0.2) is 0 Å². The number of anilines is 1. The molecule has 6 nitrogen and oxygen atoms in total. The van der Waals surface area contributed by atoms with Gasteiger partial charge in [-0.3, -0.25) is 9.59 Å². The highest BCUT2D eigenvalue weighted by molar-refractivity contribution is 5.96. The molecule has 3 N–H and O–H groups in total. The Bertz CT molecular complexity index is 648. The minimum atomic E-state index is -1.01. The summed E-state index contributed by atoms with van der Waals surface area (Å²) >= 11 is 0. The number of aryl methyl sites for hydroxylation is 1. The third-order valence-electron chi connectivity index (χ3n) is 5.27. The fraction of sp³-hybridized carbons (Fsp3) is 0.579. The summed E-state index contributed by atoms with van der Waals surface area (Å²) in [6, 6.07) is 7.51. The number of hydrogen-bond acceptors (Lipinski definition) is 4. The van der Waals surface area contributed by atoms with Crippen molar-refractivity contribution < 1.29 is 14.3 Å². The summed E-state index contributed by atoms with van der Waals surface area (Å²) in [5, 5.41) is 2.79. The lowest BCUT2D eigenvalue weighted by atomic mass is 9.54. The van der Waals surface area contributed by atoms with Gasteiger partial charge in [0.25, 0.3) is 0 Å². The van der Waals surface area contributed by atoms with Crippen LogP contribution in [0.2, 0.25) is 0 Å². The van der Waals surface area contributed by atoms with E-state index in [2.05, 4.69) is 5.32 Å². The highest BCUT2D eigenvalue weighted by Crippen LogP contribution is 2.50. The molecule has 1 aliphatic rings. The van der Waals surface area contributed by atoms with Gasteiger partial charge in [-0.15, -0.1) is 12.4 Å². The van der Waals surface area contributed by atoms with Crippen LogP contribution >= 0.6 is 12.4 Å². The minimum Gasteiger partial charge on any atom is -0.378 e. The van der Waals surface area contributed by atoms with Crippen molar-refractivity contribution in [2.24, 2.45) is 11.1 Å². The van der Waals surface area contributed by atoms with E-state index >= 15 is 0 Å². The maximum absolute atomic E-state index is 12.8. The molecule has 2 amide bonds. The number of carbonyl (C=O) groups is 2. The fourth-order valence-corrected chi connectivity index (χ4v) is 3.26. The maximum atomic E-state index is 12.8. The summed E-state index contributed by atoms with van der Waals surface area (Å²) in [6.07, 6.45) is 0.428. The molecule has 0 aliphatic heterocycles. The van der Waals surface area contributed by atoms with Gasteiger partial charge in [0.2, 0.25) is 11.8 Å². The second kappa shape index (κ2) is 8.37. The number of nitrogens with zero attached hydrogens (tertiary/aromatic N) is 1. The third-order valence-corrected chi connectivity index (χ3v) is 5.27. The lowest BCUT2D eigenvalue weighted by Crippen LogP contribution is -2.76. The van der Waals surface area contributed by atoms with Crippen LogP contribution < -0.4 is 11.1 Å². The molecule has 0 aromatic heterocycles. The fourth-order valence-electron chi connectivity index (χ4n) is 3.26. The summed E-state index contributed by atoms with van der Waals surface area (Å²) in [6.45, 7) is 8.34. The Labute approximate surface area is 161 Å². The Morgan fingerprint density at radius 2 is 1.88 bits per heavy atom. The zero-order valence-corrected chi connectivity index (χ0v) is 17.0. The first kappa shape index (κ1) is 22.4. The maximum Gasteiger partial charge on any atom is 0.243 e. The topological polar surface area (TPSA) is 84.7 Å². The first-order valence-electron chi connectivity index (χ1n) is 8.64. The third kappa shape index (κ3) is 4.19. The van der Waals surface area contributed by atoms with Crippen LogP contribution in [0.25, 0.3) is 0 Å². The second-order valence-electron chi connectivity index (χ2n) is 7.42. The molecule has 1 aliphatic carbocycles. The van der Waals surface area contributed by atoms with Crippen molar-refractivity contribution in [3.63, 3.8) is 0 Å². The average molecular weight is 384 g/mol. The van der Waals surface area contributed by atoms with Gasteiger partial charge in [0.1, 0.15) is 5.54 Å². The summed E-state index contributed by atoms with van der Waals surface area (Å²) in [5.41, 5.74) is 6.73. The number of hydrogen-bond donors (Lipinski definition) is 2. The predicted molar refractivity (Wildman–Crippen MR) is 105 cm³/mol. The van der Waals surface area contributed by atoms with Crippen molar-refractivity contribution >= 4 is 29.9 Å². The molecule has 1 aromatic rings.